The van der Waals surface area contributed by atoms with Gasteiger partial charge in [0.25, 0.3) is 0 Å². The third-order valence-corrected chi connectivity index (χ3v) is 4.08. The minimum absolute atomic E-state index is 0.0353. The lowest BCUT2D eigenvalue weighted by atomic mass is 10.1. The Morgan fingerprint density at radius 3 is 2.95 bits per heavy atom. The Balaban J connectivity index is 2.00. The molecule has 0 aromatic carbocycles. The van der Waals surface area contributed by atoms with E-state index in [0.29, 0.717) is 6.54 Å². The topological polar surface area (TPSA) is 67.3 Å². The van der Waals surface area contributed by atoms with Crippen LogP contribution in [0.2, 0.25) is 5.28 Å². The molecule has 0 aliphatic carbocycles. The smallest absolute Gasteiger partial charge is 0.407 e. The number of anilines is 1. The highest BCUT2D eigenvalue weighted by molar-refractivity contribution is 14.1. The van der Waals surface area contributed by atoms with E-state index in [-0.39, 0.29) is 17.4 Å². The van der Waals surface area contributed by atoms with Crippen LogP contribution >= 0.6 is 34.2 Å². The van der Waals surface area contributed by atoms with Crippen LogP contribution in [0.15, 0.2) is 6.20 Å². The van der Waals surface area contributed by atoms with Gasteiger partial charge in [0.1, 0.15) is 11.4 Å². The number of rotatable bonds is 2. The molecular formula is C14H20ClIN4O2. The van der Waals surface area contributed by atoms with E-state index >= 15 is 0 Å². The van der Waals surface area contributed by atoms with Gasteiger partial charge in [-0.25, -0.2) is 9.78 Å². The molecule has 1 atom stereocenters. The van der Waals surface area contributed by atoms with Crippen LogP contribution in [0.5, 0.6) is 0 Å². The van der Waals surface area contributed by atoms with Crippen LogP contribution in [0.1, 0.15) is 33.6 Å². The number of halogens is 2. The van der Waals surface area contributed by atoms with E-state index in [2.05, 4.69) is 42.8 Å². The molecule has 0 saturated carbocycles. The Kier molecular flexibility index (Phi) is 5.70. The van der Waals surface area contributed by atoms with Crippen molar-refractivity contribution in [1.82, 2.24) is 15.3 Å². The average molecular weight is 439 g/mol. The minimum Gasteiger partial charge on any atom is -0.444 e. The number of amides is 1. The maximum Gasteiger partial charge on any atom is 0.407 e. The second kappa shape index (κ2) is 7.16. The number of piperidine rings is 1. The van der Waals surface area contributed by atoms with Crippen LogP contribution in [-0.2, 0) is 4.74 Å². The van der Waals surface area contributed by atoms with Crippen molar-refractivity contribution in [3.8, 4) is 0 Å². The summed E-state index contributed by atoms with van der Waals surface area (Å²) in [6.07, 6.45) is 3.22. The third kappa shape index (κ3) is 5.12. The molecule has 0 unspecified atom stereocenters. The molecule has 1 fully saturated rings. The summed E-state index contributed by atoms with van der Waals surface area (Å²) in [5.74, 6) is 0.816. The number of carbonyl (C=O) groups is 1. The summed E-state index contributed by atoms with van der Waals surface area (Å²) in [5, 5.41) is 3.16. The van der Waals surface area contributed by atoms with E-state index in [1.807, 2.05) is 20.8 Å². The summed E-state index contributed by atoms with van der Waals surface area (Å²) < 4.78 is 6.25. The number of aromatic nitrogens is 2. The zero-order valence-electron chi connectivity index (χ0n) is 12.9. The van der Waals surface area contributed by atoms with Crippen molar-refractivity contribution >= 4 is 46.1 Å². The largest absolute Gasteiger partial charge is 0.444 e. The normalized spacial score (nSPS) is 19.0. The highest BCUT2D eigenvalue weighted by Gasteiger charge is 2.26. The van der Waals surface area contributed by atoms with Crippen molar-refractivity contribution in [3.63, 3.8) is 0 Å². The van der Waals surface area contributed by atoms with Gasteiger partial charge < -0.3 is 15.0 Å². The molecule has 0 spiro atoms. The second-order valence-electron chi connectivity index (χ2n) is 6.24. The predicted molar refractivity (Wildman–Crippen MR) is 94.4 cm³/mol. The van der Waals surface area contributed by atoms with Gasteiger partial charge in [0.15, 0.2) is 0 Å². The molecule has 1 saturated heterocycles. The molecule has 8 heteroatoms. The van der Waals surface area contributed by atoms with Gasteiger partial charge in [-0.15, -0.1) is 0 Å². The number of alkyl carbamates (subject to hydrolysis) is 1. The van der Waals surface area contributed by atoms with Gasteiger partial charge in [-0.2, -0.15) is 4.98 Å². The first kappa shape index (κ1) is 17.5. The minimum atomic E-state index is -0.492. The summed E-state index contributed by atoms with van der Waals surface area (Å²) in [5.41, 5.74) is -0.492. The van der Waals surface area contributed by atoms with Gasteiger partial charge in [-0.05, 0) is 67.8 Å². The zero-order chi connectivity index (χ0) is 16.3. The summed E-state index contributed by atoms with van der Waals surface area (Å²) >= 11 is 8.08. The average Bonchev–Trinajstić information content (AvgIpc) is 2.39. The first-order valence-electron chi connectivity index (χ1n) is 7.17. The highest BCUT2D eigenvalue weighted by atomic mass is 127. The molecule has 1 aromatic heterocycles. The van der Waals surface area contributed by atoms with Crippen molar-refractivity contribution in [3.05, 3.63) is 15.1 Å². The first-order valence-corrected chi connectivity index (χ1v) is 8.63. The molecular weight excluding hydrogens is 419 g/mol. The van der Waals surface area contributed by atoms with Crippen LogP contribution in [0.3, 0.4) is 0 Å². The number of nitrogens with zero attached hydrogens (tertiary/aromatic N) is 3. The maximum atomic E-state index is 11.9. The lowest BCUT2D eigenvalue weighted by molar-refractivity contribution is 0.0500. The Labute approximate surface area is 149 Å². The summed E-state index contributed by atoms with van der Waals surface area (Å²) in [6, 6.07) is 0.0353. The lowest BCUT2D eigenvalue weighted by Gasteiger charge is -2.34. The molecule has 1 amide bonds. The molecule has 0 radical (unpaired) electrons. The van der Waals surface area contributed by atoms with E-state index in [4.69, 9.17) is 16.3 Å². The number of hydrogen-bond donors (Lipinski definition) is 1. The number of carbonyl (C=O) groups excluding carboxylic acids is 1. The Morgan fingerprint density at radius 1 is 1.55 bits per heavy atom. The van der Waals surface area contributed by atoms with Crippen LogP contribution in [-0.4, -0.2) is 40.8 Å². The van der Waals surface area contributed by atoms with E-state index in [1.165, 1.54) is 0 Å². The summed E-state index contributed by atoms with van der Waals surface area (Å²) in [6.45, 7) is 7.12. The molecule has 2 rings (SSSR count). The molecule has 1 aromatic rings. The standard InChI is InChI=1S/C14H20ClIN4O2/c1-14(2,3)22-13(21)18-9-5-4-6-20(8-9)11-10(16)7-17-12(15)19-11/h7,9H,4-6,8H2,1-3H3,(H,18,21)/t9-/m0/s1. The van der Waals surface area contributed by atoms with Crippen LogP contribution in [0, 0.1) is 3.57 Å². The number of nitrogens with one attached hydrogen (secondary N) is 1. The Morgan fingerprint density at radius 2 is 2.27 bits per heavy atom. The number of ether oxygens (including phenoxy) is 1. The van der Waals surface area contributed by atoms with Gasteiger partial charge in [-0.3, -0.25) is 0 Å². The van der Waals surface area contributed by atoms with Crippen molar-refractivity contribution in [2.24, 2.45) is 0 Å². The Bertz CT molecular complexity index is 550. The van der Waals surface area contributed by atoms with E-state index < -0.39 is 5.60 Å². The fourth-order valence-electron chi connectivity index (χ4n) is 2.32. The predicted octanol–water partition coefficient (Wildman–Crippen LogP) is 3.23. The fourth-order valence-corrected chi connectivity index (χ4v) is 3.05. The molecule has 1 aliphatic heterocycles. The van der Waals surface area contributed by atoms with Crippen molar-refractivity contribution in [1.29, 1.82) is 0 Å². The molecule has 0 bridgehead atoms. The zero-order valence-corrected chi connectivity index (χ0v) is 15.8. The third-order valence-electron chi connectivity index (χ3n) is 3.14. The Hall–Kier alpha value is -0.830. The molecule has 122 valence electrons. The SMILES string of the molecule is CC(C)(C)OC(=O)N[C@H]1CCCN(c2nc(Cl)ncc2I)C1. The number of hydrogen-bond acceptors (Lipinski definition) is 5. The lowest BCUT2D eigenvalue weighted by Crippen LogP contribution is -2.49. The monoisotopic (exact) mass is 438 g/mol. The van der Waals surface area contributed by atoms with Crippen molar-refractivity contribution < 1.29 is 9.53 Å². The maximum absolute atomic E-state index is 11.9. The molecule has 1 aliphatic rings. The second-order valence-corrected chi connectivity index (χ2v) is 7.74. The summed E-state index contributed by atoms with van der Waals surface area (Å²) in [4.78, 5) is 22.3. The van der Waals surface area contributed by atoms with E-state index in [1.54, 1.807) is 6.20 Å². The molecule has 22 heavy (non-hydrogen) atoms. The quantitative estimate of drug-likeness (QED) is 0.567. The van der Waals surface area contributed by atoms with E-state index in [0.717, 1.165) is 28.8 Å². The van der Waals surface area contributed by atoms with Crippen LogP contribution < -0.4 is 10.2 Å². The van der Waals surface area contributed by atoms with E-state index in [9.17, 15) is 4.79 Å². The first-order chi connectivity index (χ1) is 10.2. The van der Waals surface area contributed by atoms with Crippen LogP contribution in [0.4, 0.5) is 10.6 Å². The summed E-state index contributed by atoms with van der Waals surface area (Å²) in [7, 11) is 0. The molecule has 6 nitrogen and oxygen atoms in total. The van der Waals surface area contributed by atoms with Gasteiger partial charge in [0.05, 0.1) is 3.57 Å². The van der Waals surface area contributed by atoms with Gasteiger partial charge >= 0.3 is 6.09 Å². The highest BCUT2D eigenvalue weighted by Crippen LogP contribution is 2.24. The van der Waals surface area contributed by atoms with Crippen molar-refractivity contribution in [2.45, 2.75) is 45.3 Å². The van der Waals surface area contributed by atoms with Crippen LogP contribution in [0.25, 0.3) is 0 Å². The molecule has 2 heterocycles. The van der Waals surface area contributed by atoms with Gasteiger partial charge in [0.2, 0.25) is 5.28 Å². The fraction of sp³-hybridized carbons (Fsp3) is 0.643. The molecule has 1 N–H and O–H groups in total. The van der Waals surface area contributed by atoms with Crippen molar-refractivity contribution in [2.75, 3.05) is 18.0 Å². The van der Waals surface area contributed by atoms with Gasteiger partial charge in [0, 0.05) is 25.3 Å². The van der Waals surface area contributed by atoms with Gasteiger partial charge in [-0.1, -0.05) is 0 Å².